The third kappa shape index (κ3) is 3.94. The Balaban J connectivity index is 2.22. The van der Waals surface area contributed by atoms with E-state index < -0.39 is 5.78 Å². The van der Waals surface area contributed by atoms with Crippen LogP contribution in [-0.4, -0.2) is 29.7 Å². The number of ether oxygens (including phenoxy) is 2. The van der Waals surface area contributed by atoms with E-state index in [1.165, 1.54) is 31.4 Å². The van der Waals surface area contributed by atoms with Crippen LogP contribution < -0.4 is 9.47 Å². The second-order valence-corrected chi connectivity index (χ2v) is 5.09. The summed E-state index contributed by atoms with van der Waals surface area (Å²) in [4.78, 5) is 12.5. The average Bonchev–Trinajstić information content (AvgIpc) is 2.54. The molecular weight excluding hydrogens is 296 g/mol. The number of benzene rings is 2. The fourth-order valence-electron chi connectivity index (χ4n) is 2.10. The summed E-state index contributed by atoms with van der Waals surface area (Å²) in [6, 6.07) is 8.91. The van der Waals surface area contributed by atoms with Gasteiger partial charge in [-0.1, -0.05) is 13.3 Å². The predicted octanol–water partition coefficient (Wildman–Crippen LogP) is 3.52. The zero-order valence-electron chi connectivity index (χ0n) is 13.2. The fourth-order valence-corrected chi connectivity index (χ4v) is 2.10. The van der Waals surface area contributed by atoms with Crippen molar-refractivity contribution in [3.8, 4) is 23.0 Å². The molecule has 2 rings (SSSR count). The van der Waals surface area contributed by atoms with Crippen LogP contribution in [0.25, 0.3) is 0 Å². The molecule has 5 heteroatoms. The molecule has 0 unspecified atom stereocenters. The van der Waals surface area contributed by atoms with Gasteiger partial charge in [0.25, 0.3) is 0 Å². The maximum absolute atomic E-state index is 12.5. The van der Waals surface area contributed by atoms with Crippen LogP contribution in [0.5, 0.6) is 23.0 Å². The molecule has 0 heterocycles. The molecule has 2 aromatic carbocycles. The molecule has 0 amide bonds. The number of hydrogen-bond acceptors (Lipinski definition) is 5. The maximum Gasteiger partial charge on any atom is 0.200 e. The quantitative estimate of drug-likeness (QED) is 0.604. The van der Waals surface area contributed by atoms with E-state index in [9.17, 15) is 15.0 Å². The molecule has 2 aromatic rings. The molecular formula is C18H20O5. The van der Waals surface area contributed by atoms with E-state index in [1.54, 1.807) is 12.1 Å². The Morgan fingerprint density at radius 1 is 1.00 bits per heavy atom. The normalized spacial score (nSPS) is 10.3. The average molecular weight is 316 g/mol. The summed E-state index contributed by atoms with van der Waals surface area (Å²) >= 11 is 0. The van der Waals surface area contributed by atoms with Crippen LogP contribution in [0.1, 0.15) is 35.7 Å². The van der Waals surface area contributed by atoms with Crippen molar-refractivity contribution in [2.45, 2.75) is 19.8 Å². The molecule has 0 fully saturated rings. The van der Waals surface area contributed by atoms with Gasteiger partial charge in [0, 0.05) is 12.1 Å². The van der Waals surface area contributed by atoms with E-state index in [1.807, 2.05) is 0 Å². The number of phenols is 2. The van der Waals surface area contributed by atoms with Crippen LogP contribution in [0.4, 0.5) is 0 Å². The van der Waals surface area contributed by atoms with E-state index in [2.05, 4.69) is 6.92 Å². The van der Waals surface area contributed by atoms with Crippen LogP contribution >= 0.6 is 0 Å². The lowest BCUT2D eigenvalue weighted by molar-refractivity contribution is 0.103. The van der Waals surface area contributed by atoms with Crippen LogP contribution in [0.3, 0.4) is 0 Å². The highest BCUT2D eigenvalue weighted by molar-refractivity contribution is 6.12. The van der Waals surface area contributed by atoms with Crippen molar-refractivity contribution in [3.63, 3.8) is 0 Å². The first kappa shape index (κ1) is 16.7. The van der Waals surface area contributed by atoms with Crippen LogP contribution in [-0.2, 0) is 0 Å². The van der Waals surface area contributed by atoms with E-state index in [-0.39, 0.29) is 22.6 Å². The van der Waals surface area contributed by atoms with Crippen LogP contribution in [0.15, 0.2) is 36.4 Å². The smallest absolute Gasteiger partial charge is 0.200 e. The molecule has 0 aliphatic carbocycles. The van der Waals surface area contributed by atoms with Gasteiger partial charge in [0.1, 0.15) is 23.0 Å². The Morgan fingerprint density at radius 2 is 1.57 bits per heavy atom. The van der Waals surface area contributed by atoms with E-state index in [0.717, 1.165) is 12.8 Å². The number of methoxy groups -OCH3 is 1. The SMILES string of the molecule is CCCCOc1ccc(C(=O)c2ccc(OC)cc2O)c(O)c1. The number of carbonyl (C=O) groups excluding carboxylic acids is 1. The van der Waals surface area contributed by atoms with E-state index in [4.69, 9.17) is 9.47 Å². The molecule has 5 nitrogen and oxygen atoms in total. The largest absolute Gasteiger partial charge is 0.507 e. The highest BCUT2D eigenvalue weighted by Gasteiger charge is 2.18. The second-order valence-electron chi connectivity index (χ2n) is 5.09. The minimum Gasteiger partial charge on any atom is -0.507 e. The minimum atomic E-state index is -0.470. The molecule has 0 aliphatic heterocycles. The molecule has 0 saturated carbocycles. The molecule has 0 spiro atoms. The van der Waals surface area contributed by atoms with Crippen LogP contribution in [0.2, 0.25) is 0 Å². The number of ketones is 1. The number of unbranched alkanes of at least 4 members (excludes halogenated alkanes) is 1. The van der Waals surface area contributed by atoms with Gasteiger partial charge in [-0.25, -0.2) is 0 Å². The highest BCUT2D eigenvalue weighted by atomic mass is 16.5. The van der Waals surface area contributed by atoms with Crippen molar-refractivity contribution in [3.05, 3.63) is 47.5 Å². The predicted molar refractivity (Wildman–Crippen MR) is 86.6 cm³/mol. The summed E-state index contributed by atoms with van der Waals surface area (Å²) in [7, 11) is 1.47. The second kappa shape index (κ2) is 7.54. The molecule has 0 saturated heterocycles. The number of hydrogen-bond donors (Lipinski definition) is 2. The van der Waals surface area contributed by atoms with Gasteiger partial charge in [-0.2, -0.15) is 0 Å². The molecule has 0 bridgehead atoms. The molecule has 0 aromatic heterocycles. The first-order chi connectivity index (χ1) is 11.1. The van der Waals surface area contributed by atoms with Gasteiger partial charge in [-0.05, 0) is 30.7 Å². The van der Waals surface area contributed by atoms with Crippen molar-refractivity contribution in [1.82, 2.24) is 0 Å². The number of carbonyl (C=O) groups is 1. The van der Waals surface area contributed by atoms with Crippen molar-refractivity contribution >= 4 is 5.78 Å². The zero-order valence-corrected chi connectivity index (χ0v) is 13.2. The first-order valence-corrected chi connectivity index (χ1v) is 7.44. The topological polar surface area (TPSA) is 76.0 Å². The van der Waals surface area contributed by atoms with Gasteiger partial charge in [0.15, 0.2) is 5.78 Å². The summed E-state index contributed by atoms with van der Waals surface area (Å²) < 4.78 is 10.5. The van der Waals surface area contributed by atoms with Crippen molar-refractivity contribution in [2.24, 2.45) is 0 Å². The lowest BCUT2D eigenvalue weighted by atomic mass is 10.0. The molecule has 122 valence electrons. The Bertz CT molecular complexity index is 694. The number of aromatic hydroxyl groups is 2. The lowest BCUT2D eigenvalue weighted by Crippen LogP contribution is -2.03. The van der Waals surface area contributed by atoms with Crippen LogP contribution in [0, 0.1) is 0 Å². The first-order valence-electron chi connectivity index (χ1n) is 7.44. The summed E-state index contributed by atoms with van der Waals surface area (Å²) in [6.45, 7) is 2.62. The lowest BCUT2D eigenvalue weighted by Gasteiger charge is -2.10. The Labute approximate surface area is 135 Å². The standard InChI is InChI=1S/C18H20O5/c1-3-4-9-23-13-6-8-15(17(20)11-13)18(21)14-7-5-12(22-2)10-16(14)19/h5-8,10-11,19-20H,3-4,9H2,1-2H3. The van der Waals surface area contributed by atoms with Gasteiger partial charge in [-0.3, -0.25) is 4.79 Å². The Kier molecular flexibility index (Phi) is 5.46. The molecule has 0 atom stereocenters. The summed E-state index contributed by atoms with van der Waals surface area (Å²) in [5, 5.41) is 20.0. The summed E-state index contributed by atoms with van der Waals surface area (Å²) in [5.41, 5.74) is 0.203. The van der Waals surface area contributed by atoms with E-state index in [0.29, 0.717) is 18.1 Å². The minimum absolute atomic E-state index is 0.0979. The van der Waals surface area contributed by atoms with Crippen molar-refractivity contribution in [2.75, 3.05) is 13.7 Å². The fraction of sp³-hybridized carbons (Fsp3) is 0.278. The van der Waals surface area contributed by atoms with Gasteiger partial charge in [0.05, 0.1) is 24.8 Å². The third-order valence-electron chi connectivity index (χ3n) is 3.43. The number of phenolic OH excluding ortho intramolecular Hbond substituents is 2. The molecule has 0 aliphatic rings. The van der Waals surface area contributed by atoms with Crippen molar-refractivity contribution in [1.29, 1.82) is 0 Å². The van der Waals surface area contributed by atoms with Gasteiger partial charge < -0.3 is 19.7 Å². The zero-order chi connectivity index (χ0) is 16.8. The summed E-state index contributed by atoms with van der Waals surface area (Å²) in [5.74, 6) is 0.105. The third-order valence-corrected chi connectivity index (χ3v) is 3.43. The highest BCUT2D eigenvalue weighted by Crippen LogP contribution is 2.30. The number of rotatable bonds is 7. The Hall–Kier alpha value is -2.69. The van der Waals surface area contributed by atoms with Gasteiger partial charge >= 0.3 is 0 Å². The molecule has 2 N–H and O–H groups in total. The molecule has 23 heavy (non-hydrogen) atoms. The maximum atomic E-state index is 12.5. The van der Waals surface area contributed by atoms with Crippen molar-refractivity contribution < 1.29 is 24.5 Å². The Morgan fingerprint density at radius 3 is 2.09 bits per heavy atom. The van der Waals surface area contributed by atoms with Gasteiger partial charge in [-0.15, -0.1) is 0 Å². The van der Waals surface area contributed by atoms with Gasteiger partial charge in [0.2, 0.25) is 0 Å². The molecule has 0 radical (unpaired) electrons. The summed E-state index contributed by atoms with van der Waals surface area (Å²) in [6.07, 6.45) is 1.93. The monoisotopic (exact) mass is 316 g/mol. The van der Waals surface area contributed by atoms with E-state index >= 15 is 0 Å².